The fourth-order valence-corrected chi connectivity index (χ4v) is 4.43. The van der Waals surface area contributed by atoms with E-state index in [1.54, 1.807) is 11.8 Å². The number of rotatable bonds is 5. The van der Waals surface area contributed by atoms with Crippen LogP contribution in [0.1, 0.15) is 5.56 Å². The van der Waals surface area contributed by atoms with E-state index in [1.807, 2.05) is 35.2 Å². The Morgan fingerprint density at radius 1 is 0.964 bits per heavy atom. The number of fused-ring (bicyclic) bond motifs is 1. The summed E-state index contributed by atoms with van der Waals surface area (Å²) in [5.41, 5.74) is 1.22. The molecule has 1 saturated heterocycles. The SMILES string of the molecule is O=C(CSc1ccc(Br)cc1)N1CCN(Cc2ccc3c(c2)OCCO3)CC1. The highest BCUT2D eigenvalue weighted by Gasteiger charge is 2.21. The van der Waals surface area contributed by atoms with E-state index in [1.165, 1.54) is 5.56 Å². The van der Waals surface area contributed by atoms with Gasteiger partial charge in [0.15, 0.2) is 11.5 Å². The summed E-state index contributed by atoms with van der Waals surface area (Å²) in [6.45, 7) is 5.44. The van der Waals surface area contributed by atoms with Crippen molar-refractivity contribution in [2.24, 2.45) is 0 Å². The number of amides is 1. The fourth-order valence-electron chi connectivity index (χ4n) is 3.37. The Balaban J connectivity index is 1.24. The third-order valence-electron chi connectivity index (χ3n) is 4.91. The Hall–Kier alpha value is -1.70. The summed E-state index contributed by atoms with van der Waals surface area (Å²) in [6.07, 6.45) is 0. The molecule has 5 nitrogen and oxygen atoms in total. The molecule has 0 aliphatic carbocycles. The van der Waals surface area contributed by atoms with Crippen LogP contribution in [0.2, 0.25) is 0 Å². The number of nitrogens with zero attached hydrogens (tertiary/aromatic N) is 2. The fraction of sp³-hybridized carbons (Fsp3) is 0.381. The van der Waals surface area contributed by atoms with Crippen molar-refractivity contribution >= 4 is 33.6 Å². The molecule has 2 aliphatic heterocycles. The van der Waals surface area contributed by atoms with Crippen LogP contribution in [-0.2, 0) is 11.3 Å². The second kappa shape index (κ2) is 9.20. The first kappa shape index (κ1) is 19.6. The van der Waals surface area contributed by atoms with Crippen LogP contribution in [0, 0.1) is 0 Å². The number of ether oxygens (including phenoxy) is 2. The van der Waals surface area contributed by atoms with E-state index < -0.39 is 0 Å². The van der Waals surface area contributed by atoms with Gasteiger partial charge in [-0.1, -0.05) is 22.0 Å². The molecular formula is C21H23BrN2O3S. The Bertz CT molecular complexity index is 823. The molecule has 1 amide bonds. The van der Waals surface area contributed by atoms with Crippen LogP contribution in [-0.4, -0.2) is 60.9 Å². The van der Waals surface area contributed by atoms with Gasteiger partial charge < -0.3 is 14.4 Å². The van der Waals surface area contributed by atoms with Gasteiger partial charge in [0, 0.05) is 42.1 Å². The van der Waals surface area contributed by atoms with Gasteiger partial charge in [0.25, 0.3) is 0 Å². The molecule has 0 aromatic heterocycles. The van der Waals surface area contributed by atoms with Crippen molar-refractivity contribution in [3.8, 4) is 11.5 Å². The quantitative estimate of drug-likeness (QED) is 0.634. The lowest BCUT2D eigenvalue weighted by Gasteiger charge is -2.35. The number of piperazine rings is 1. The van der Waals surface area contributed by atoms with Crippen molar-refractivity contribution < 1.29 is 14.3 Å². The van der Waals surface area contributed by atoms with Gasteiger partial charge in [-0.2, -0.15) is 0 Å². The molecular weight excluding hydrogens is 440 g/mol. The zero-order chi connectivity index (χ0) is 19.3. The highest BCUT2D eigenvalue weighted by atomic mass is 79.9. The normalized spacial score (nSPS) is 16.8. The standard InChI is InChI=1S/C21H23BrN2O3S/c22-17-2-4-18(5-3-17)28-15-21(25)24-9-7-23(8-10-24)14-16-1-6-19-20(13-16)27-12-11-26-19/h1-6,13H,7-12,14-15H2. The van der Waals surface area contributed by atoms with Crippen LogP contribution in [0.15, 0.2) is 51.8 Å². The van der Waals surface area contributed by atoms with Crippen LogP contribution >= 0.6 is 27.7 Å². The molecule has 0 spiro atoms. The molecule has 1 fully saturated rings. The van der Waals surface area contributed by atoms with Gasteiger partial charge in [0.2, 0.25) is 5.91 Å². The molecule has 0 bridgehead atoms. The molecule has 0 saturated carbocycles. The van der Waals surface area contributed by atoms with Crippen molar-refractivity contribution in [1.82, 2.24) is 9.80 Å². The average Bonchev–Trinajstić information content (AvgIpc) is 2.73. The highest BCUT2D eigenvalue weighted by molar-refractivity contribution is 9.10. The molecule has 2 aliphatic rings. The molecule has 4 rings (SSSR count). The molecule has 2 aromatic carbocycles. The van der Waals surface area contributed by atoms with E-state index in [-0.39, 0.29) is 5.91 Å². The van der Waals surface area contributed by atoms with Crippen LogP contribution < -0.4 is 9.47 Å². The Morgan fingerprint density at radius 3 is 2.43 bits per heavy atom. The van der Waals surface area contributed by atoms with Crippen molar-refractivity contribution in [2.45, 2.75) is 11.4 Å². The van der Waals surface area contributed by atoms with Gasteiger partial charge in [-0.15, -0.1) is 11.8 Å². The summed E-state index contributed by atoms with van der Waals surface area (Å²) in [6, 6.07) is 14.2. The van der Waals surface area contributed by atoms with Crippen LogP contribution in [0.25, 0.3) is 0 Å². The largest absolute Gasteiger partial charge is 0.486 e. The van der Waals surface area contributed by atoms with Crippen molar-refractivity contribution in [3.63, 3.8) is 0 Å². The first-order valence-electron chi connectivity index (χ1n) is 9.44. The number of hydrogen-bond acceptors (Lipinski definition) is 5. The molecule has 0 radical (unpaired) electrons. The molecule has 2 aromatic rings. The van der Waals surface area contributed by atoms with Gasteiger partial charge in [-0.3, -0.25) is 9.69 Å². The number of hydrogen-bond donors (Lipinski definition) is 0. The summed E-state index contributed by atoms with van der Waals surface area (Å²) in [5.74, 6) is 2.37. The number of halogens is 1. The topological polar surface area (TPSA) is 42.0 Å². The Kier molecular flexibility index (Phi) is 6.44. The second-order valence-electron chi connectivity index (χ2n) is 6.88. The zero-order valence-electron chi connectivity index (χ0n) is 15.6. The lowest BCUT2D eigenvalue weighted by atomic mass is 10.1. The molecule has 7 heteroatoms. The molecule has 0 N–H and O–H groups in total. The third kappa shape index (κ3) is 5.01. The summed E-state index contributed by atoms with van der Waals surface area (Å²) in [7, 11) is 0. The highest BCUT2D eigenvalue weighted by Crippen LogP contribution is 2.31. The summed E-state index contributed by atoms with van der Waals surface area (Å²) >= 11 is 5.03. The molecule has 2 heterocycles. The smallest absolute Gasteiger partial charge is 0.233 e. The lowest BCUT2D eigenvalue weighted by molar-refractivity contribution is -0.130. The Labute approximate surface area is 178 Å². The van der Waals surface area contributed by atoms with E-state index >= 15 is 0 Å². The van der Waals surface area contributed by atoms with Gasteiger partial charge in [0.1, 0.15) is 13.2 Å². The predicted molar refractivity (Wildman–Crippen MR) is 114 cm³/mol. The van der Waals surface area contributed by atoms with E-state index in [0.29, 0.717) is 19.0 Å². The van der Waals surface area contributed by atoms with Crippen molar-refractivity contribution in [2.75, 3.05) is 45.1 Å². The summed E-state index contributed by atoms with van der Waals surface area (Å²) in [5, 5.41) is 0. The maximum atomic E-state index is 12.5. The molecule has 148 valence electrons. The third-order valence-corrected chi connectivity index (χ3v) is 6.44. The lowest BCUT2D eigenvalue weighted by Crippen LogP contribution is -2.48. The number of carbonyl (C=O) groups excluding carboxylic acids is 1. The summed E-state index contributed by atoms with van der Waals surface area (Å²) < 4.78 is 12.3. The minimum absolute atomic E-state index is 0.215. The van der Waals surface area contributed by atoms with E-state index in [4.69, 9.17) is 9.47 Å². The van der Waals surface area contributed by atoms with Gasteiger partial charge >= 0.3 is 0 Å². The maximum absolute atomic E-state index is 12.5. The van der Waals surface area contributed by atoms with Crippen molar-refractivity contribution in [3.05, 3.63) is 52.5 Å². The van der Waals surface area contributed by atoms with E-state index in [0.717, 1.165) is 53.6 Å². The molecule has 0 atom stereocenters. The van der Waals surface area contributed by atoms with Crippen LogP contribution in [0.3, 0.4) is 0 Å². The number of thioether (sulfide) groups is 1. The average molecular weight is 463 g/mol. The first-order chi connectivity index (χ1) is 13.7. The number of benzene rings is 2. The summed E-state index contributed by atoms with van der Waals surface area (Å²) in [4.78, 5) is 18.0. The van der Waals surface area contributed by atoms with Gasteiger partial charge in [-0.05, 0) is 42.0 Å². The van der Waals surface area contributed by atoms with Crippen molar-refractivity contribution in [1.29, 1.82) is 0 Å². The first-order valence-corrected chi connectivity index (χ1v) is 11.2. The van der Waals surface area contributed by atoms with E-state index in [2.05, 4.69) is 33.0 Å². The van der Waals surface area contributed by atoms with Crippen LogP contribution in [0.4, 0.5) is 0 Å². The van der Waals surface area contributed by atoms with Gasteiger partial charge in [-0.25, -0.2) is 0 Å². The Morgan fingerprint density at radius 2 is 1.68 bits per heavy atom. The van der Waals surface area contributed by atoms with Crippen LogP contribution in [0.5, 0.6) is 11.5 Å². The van der Waals surface area contributed by atoms with E-state index in [9.17, 15) is 4.79 Å². The molecule has 28 heavy (non-hydrogen) atoms. The zero-order valence-corrected chi connectivity index (χ0v) is 18.0. The monoisotopic (exact) mass is 462 g/mol. The minimum Gasteiger partial charge on any atom is -0.486 e. The minimum atomic E-state index is 0.215. The maximum Gasteiger partial charge on any atom is 0.233 e. The predicted octanol–water partition coefficient (Wildman–Crippen LogP) is 3.66. The number of carbonyl (C=O) groups is 1. The molecule has 0 unspecified atom stereocenters. The second-order valence-corrected chi connectivity index (χ2v) is 8.84. The van der Waals surface area contributed by atoms with Gasteiger partial charge in [0.05, 0.1) is 5.75 Å².